The van der Waals surface area contributed by atoms with E-state index < -0.39 is 5.41 Å². The van der Waals surface area contributed by atoms with E-state index >= 15 is 0 Å². The highest BCUT2D eigenvalue weighted by Crippen LogP contribution is 2.37. The zero-order valence-electron chi connectivity index (χ0n) is 14.4. The minimum Gasteiger partial charge on any atom is -0.381 e. The van der Waals surface area contributed by atoms with Crippen molar-refractivity contribution in [1.29, 1.82) is 5.26 Å². The van der Waals surface area contributed by atoms with Gasteiger partial charge < -0.3 is 4.74 Å². The number of ether oxygens (including phenoxy) is 1. The van der Waals surface area contributed by atoms with Gasteiger partial charge in [-0.05, 0) is 59.9 Å². The van der Waals surface area contributed by atoms with Crippen molar-refractivity contribution in [2.45, 2.75) is 34.5 Å². The number of benzene rings is 2. The van der Waals surface area contributed by atoms with Gasteiger partial charge in [-0.25, -0.2) is 0 Å². The average molecular weight is 361 g/mol. The maximum Gasteiger partial charge on any atom is 0.160 e. The SMILES string of the molecule is N#CC1(c2cccc(Sc3ccc4c(c3)C=CC(=O)C4)c2)CCOCC1. The van der Waals surface area contributed by atoms with E-state index in [0.717, 1.165) is 39.3 Å². The summed E-state index contributed by atoms with van der Waals surface area (Å²) in [5, 5.41) is 9.78. The van der Waals surface area contributed by atoms with E-state index in [1.807, 2.05) is 18.2 Å². The number of nitriles is 1. The number of carbonyl (C=O) groups is 1. The molecule has 1 saturated heterocycles. The standard InChI is InChI=1S/C22H19NO2S/c23-15-22(8-10-25-11-9-22)18-2-1-3-20(14-18)26-21-7-5-16-12-19(24)6-4-17(16)13-21/h1-7,13-14H,8-12H2. The lowest BCUT2D eigenvalue weighted by molar-refractivity contribution is -0.114. The number of hydrogen-bond donors (Lipinski definition) is 0. The average Bonchev–Trinajstić information content (AvgIpc) is 2.69. The van der Waals surface area contributed by atoms with Crippen molar-refractivity contribution in [3.8, 4) is 6.07 Å². The fourth-order valence-electron chi connectivity index (χ4n) is 3.56. The van der Waals surface area contributed by atoms with Gasteiger partial charge in [0.05, 0.1) is 11.5 Å². The van der Waals surface area contributed by atoms with Crippen LogP contribution < -0.4 is 0 Å². The van der Waals surface area contributed by atoms with Crippen molar-refractivity contribution in [2.24, 2.45) is 0 Å². The molecule has 0 unspecified atom stereocenters. The molecule has 1 heterocycles. The maximum atomic E-state index is 11.5. The molecule has 1 aliphatic heterocycles. The van der Waals surface area contributed by atoms with Gasteiger partial charge >= 0.3 is 0 Å². The van der Waals surface area contributed by atoms with Crippen molar-refractivity contribution in [1.82, 2.24) is 0 Å². The smallest absolute Gasteiger partial charge is 0.160 e. The number of hydrogen-bond acceptors (Lipinski definition) is 4. The lowest BCUT2D eigenvalue weighted by Gasteiger charge is -2.31. The summed E-state index contributed by atoms with van der Waals surface area (Å²) in [6, 6.07) is 17.1. The molecular weight excluding hydrogens is 342 g/mol. The van der Waals surface area contributed by atoms with Gasteiger partial charge in [0.1, 0.15) is 0 Å². The molecule has 0 spiro atoms. The molecule has 130 valence electrons. The first-order chi connectivity index (χ1) is 12.7. The molecule has 4 rings (SSSR count). The van der Waals surface area contributed by atoms with E-state index in [2.05, 4.69) is 36.4 Å². The first-order valence-corrected chi connectivity index (χ1v) is 9.61. The van der Waals surface area contributed by atoms with Gasteiger partial charge in [0.2, 0.25) is 0 Å². The van der Waals surface area contributed by atoms with Gasteiger partial charge in [-0.1, -0.05) is 36.0 Å². The molecule has 0 atom stereocenters. The van der Waals surface area contributed by atoms with Crippen LogP contribution in [-0.4, -0.2) is 19.0 Å². The van der Waals surface area contributed by atoms with Gasteiger partial charge in [-0.15, -0.1) is 0 Å². The monoisotopic (exact) mass is 361 g/mol. The minimum atomic E-state index is -0.437. The number of ketones is 1. The molecule has 0 bridgehead atoms. The quantitative estimate of drug-likeness (QED) is 0.805. The maximum absolute atomic E-state index is 11.5. The zero-order valence-corrected chi connectivity index (χ0v) is 15.2. The Morgan fingerprint density at radius 1 is 1.04 bits per heavy atom. The van der Waals surface area contributed by atoms with Gasteiger partial charge in [0.25, 0.3) is 0 Å². The summed E-state index contributed by atoms with van der Waals surface area (Å²) in [7, 11) is 0. The predicted octanol–water partition coefficient (Wildman–Crippen LogP) is 4.55. The fourth-order valence-corrected chi connectivity index (χ4v) is 4.49. The third-order valence-corrected chi connectivity index (χ3v) is 6.09. The van der Waals surface area contributed by atoms with Crippen molar-refractivity contribution < 1.29 is 9.53 Å². The third kappa shape index (κ3) is 3.33. The molecule has 0 radical (unpaired) electrons. The van der Waals surface area contributed by atoms with E-state index in [9.17, 15) is 10.1 Å². The number of rotatable bonds is 3. The van der Waals surface area contributed by atoms with Crippen molar-refractivity contribution in [2.75, 3.05) is 13.2 Å². The largest absolute Gasteiger partial charge is 0.381 e. The Labute approximate surface area is 157 Å². The highest BCUT2D eigenvalue weighted by atomic mass is 32.2. The van der Waals surface area contributed by atoms with E-state index in [4.69, 9.17) is 4.74 Å². The Morgan fingerprint density at radius 2 is 1.85 bits per heavy atom. The molecule has 2 aromatic carbocycles. The molecule has 26 heavy (non-hydrogen) atoms. The van der Waals surface area contributed by atoms with E-state index in [0.29, 0.717) is 19.6 Å². The second-order valence-electron chi connectivity index (χ2n) is 6.77. The Morgan fingerprint density at radius 3 is 2.65 bits per heavy atom. The van der Waals surface area contributed by atoms with Crippen LogP contribution in [0.1, 0.15) is 29.5 Å². The molecule has 1 aliphatic carbocycles. The van der Waals surface area contributed by atoms with Crippen molar-refractivity contribution in [3.05, 3.63) is 65.2 Å². The molecule has 0 N–H and O–H groups in total. The number of fused-ring (bicyclic) bond motifs is 1. The summed E-state index contributed by atoms with van der Waals surface area (Å²) in [6.45, 7) is 1.28. The Kier molecular flexibility index (Phi) is 4.67. The van der Waals surface area contributed by atoms with Crippen molar-refractivity contribution in [3.63, 3.8) is 0 Å². The summed E-state index contributed by atoms with van der Waals surface area (Å²) in [5.74, 6) is 0.156. The minimum absolute atomic E-state index is 0.156. The molecule has 0 amide bonds. The Bertz CT molecular complexity index is 920. The first kappa shape index (κ1) is 17.1. The lowest BCUT2D eigenvalue weighted by atomic mass is 9.75. The summed E-state index contributed by atoms with van der Waals surface area (Å²) in [6.07, 6.45) is 5.52. The van der Waals surface area contributed by atoms with Crippen LogP contribution in [0, 0.1) is 11.3 Å². The molecular formula is C22H19NO2S. The lowest BCUT2D eigenvalue weighted by Crippen LogP contribution is -2.32. The van der Waals surface area contributed by atoms with Crippen LogP contribution in [0.3, 0.4) is 0 Å². The molecule has 0 aromatic heterocycles. The Hall–Kier alpha value is -2.35. The summed E-state index contributed by atoms with van der Waals surface area (Å²) in [4.78, 5) is 13.8. The van der Waals surface area contributed by atoms with E-state index in [1.165, 1.54) is 0 Å². The van der Waals surface area contributed by atoms with Crippen LogP contribution in [0.4, 0.5) is 0 Å². The fraction of sp³-hybridized carbons (Fsp3) is 0.273. The highest BCUT2D eigenvalue weighted by molar-refractivity contribution is 7.99. The molecule has 0 saturated carbocycles. The van der Waals surface area contributed by atoms with E-state index in [1.54, 1.807) is 17.8 Å². The van der Waals surface area contributed by atoms with Gasteiger partial charge in [0, 0.05) is 29.4 Å². The normalized spacial score (nSPS) is 18.2. The third-order valence-electron chi connectivity index (χ3n) is 5.11. The second kappa shape index (κ2) is 7.11. The molecule has 3 nitrogen and oxygen atoms in total. The summed E-state index contributed by atoms with van der Waals surface area (Å²) >= 11 is 1.69. The number of carbonyl (C=O) groups excluding carboxylic acids is 1. The first-order valence-electron chi connectivity index (χ1n) is 8.80. The van der Waals surface area contributed by atoms with Crippen LogP contribution >= 0.6 is 11.8 Å². The number of nitrogens with zero attached hydrogens (tertiary/aromatic N) is 1. The molecule has 2 aromatic rings. The summed E-state index contributed by atoms with van der Waals surface area (Å²) in [5.41, 5.74) is 2.84. The molecule has 1 fully saturated rings. The van der Waals surface area contributed by atoms with Gasteiger partial charge in [-0.2, -0.15) is 5.26 Å². The molecule has 2 aliphatic rings. The van der Waals surface area contributed by atoms with Crippen molar-refractivity contribution >= 4 is 23.6 Å². The van der Waals surface area contributed by atoms with Crippen LogP contribution in [0.15, 0.2) is 58.3 Å². The van der Waals surface area contributed by atoms with Crippen LogP contribution in [-0.2, 0) is 21.4 Å². The van der Waals surface area contributed by atoms with E-state index in [-0.39, 0.29) is 5.78 Å². The Balaban J connectivity index is 1.60. The molecule has 4 heteroatoms. The van der Waals surface area contributed by atoms with Gasteiger partial charge in [-0.3, -0.25) is 4.79 Å². The van der Waals surface area contributed by atoms with Gasteiger partial charge in [0.15, 0.2) is 5.78 Å². The van der Waals surface area contributed by atoms with Crippen LogP contribution in [0.25, 0.3) is 6.08 Å². The topological polar surface area (TPSA) is 50.1 Å². The predicted molar refractivity (Wildman–Crippen MR) is 102 cm³/mol. The second-order valence-corrected chi connectivity index (χ2v) is 7.92. The van der Waals surface area contributed by atoms with Crippen LogP contribution in [0.2, 0.25) is 0 Å². The summed E-state index contributed by atoms with van der Waals surface area (Å²) < 4.78 is 5.45. The highest BCUT2D eigenvalue weighted by Gasteiger charge is 2.34. The number of allylic oxidation sites excluding steroid dienone is 1. The zero-order chi connectivity index (χ0) is 18.0. The van der Waals surface area contributed by atoms with Crippen LogP contribution in [0.5, 0.6) is 0 Å².